The SMILES string of the molecule is C/C(=C/Cl)CS(=O)(=O)c1cc(C(=O)O)cc(Br)c1C. The Morgan fingerprint density at radius 1 is 1.47 bits per heavy atom. The van der Waals surface area contributed by atoms with Crippen LogP contribution in [0.1, 0.15) is 22.8 Å². The number of sulfone groups is 1. The van der Waals surface area contributed by atoms with Crippen molar-refractivity contribution in [3.8, 4) is 0 Å². The highest BCUT2D eigenvalue weighted by Gasteiger charge is 2.21. The number of hydrogen-bond donors (Lipinski definition) is 1. The third-order valence-corrected chi connectivity index (χ3v) is 5.61. The monoisotopic (exact) mass is 366 g/mol. The summed E-state index contributed by atoms with van der Waals surface area (Å²) in [6, 6.07) is 2.54. The Morgan fingerprint density at radius 2 is 2.05 bits per heavy atom. The first-order chi connectivity index (χ1) is 8.69. The number of aromatic carboxylic acids is 1. The quantitative estimate of drug-likeness (QED) is 0.885. The molecule has 0 saturated carbocycles. The third kappa shape index (κ3) is 3.81. The number of halogens is 2. The van der Waals surface area contributed by atoms with E-state index in [2.05, 4.69) is 15.9 Å². The second-order valence-electron chi connectivity index (χ2n) is 4.10. The third-order valence-electron chi connectivity index (χ3n) is 2.48. The maximum absolute atomic E-state index is 12.2. The van der Waals surface area contributed by atoms with E-state index in [1.807, 2.05) is 0 Å². The number of carbonyl (C=O) groups is 1. The summed E-state index contributed by atoms with van der Waals surface area (Å²) >= 11 is 8.64. The summed E-state index contributed by atoms with van der Waals surface area (Å²) in [7, 11) is -3.63. The molecule has 0 radical (unpaired) electrons. The van der Waals surface area contributed by atoms with Crippen LogP contribution in [0.25, 0.3) is 0 Å². The van der Waals surface area contributed by atoms with E-state index < -0.39 is 15.8 Å². The second kappa shape index (κ2) is 6.07. The minimum atomic E-state index is -3.63. The topological polar surface area (TPSA) is 71.4 Å². The zero-order chi connectivity index (χ0) is 14.8. The second-order valence-corrected chi connectivity index (χ2v) is 7.13. The van der Waals surface area contributed by atoms with Crippen molar-refractivity contribution >= 4 is 43.3 Å². The van der Waals surface area contributed by atoms with Crippen LogP contribution in [0.3, 0.4) is 0 Å². The summed E-state index contributed by atoms with van der Waals surface area (Å²) in [5, 5.41) is 8.97. The molecule has 0 unspecified atom stereocenters. The Labute approximate surface area is 125 Å². The Morgan fingerprint density at radius 3 is 2.53 bits per heavy atom. The molecule has 4 nitrogen and oxygen atoms in total. The van der Waals surface area contributed by atoms with Gasteiger partial charge in [0.05, 0.1) is 16.2 Å². The first kappa shape index (κ1) is 16.2. The smallest absolute Gasteiger partial charge is 0.335 e. The Balaban J connectivity index is 3.45. The summed E-state index contributed by atoms with van der Waals surface area (Å²) in [6.45, 7) is 3.21. The normalized spacial score (nSPS) is 12.5. The molecule has 19 heavy (non-hydrogen) atoms. The molecule has 0 atom stereocenters. The van der Waals surface area contributed by atoms with E-state index in [0.29, 0.717) is 15.6 Å². The lowest BCUT2D eigenvalue weighted by molar-refractivity contribution is 0.0696. The van der Waals surface area contributed by atoms with Crippen molar-refractivity contribution in [2.24, 2.45) is 0 Å². The standard InChI is InChI=1S/C12H12BrClO4S/c1-7(5-14)6-19(17,18)11-4-9(12(15)16)3-10(13)8(11)2/h3-5H,6H2,1-2H3,(H,15,16)/b7-5-. The van der Waals surface area contributed by atoms with Crippen molar-refractivity contribution in [1.82, 2.24) is 0 Å². The first-order valence-electron chi connectivity index (χ1n) is 5.21. The highest BCUT2D eigenvalue weighted by atomic mass is 79.9. The fraction of sp³-hybridized carbons (Fsp3) is 0.250. The summed E-state index contributed by atoms with van der Waals surface area (Å²) in [4.78, 5) is 11.0. The van der Waals surface area contributed by atoms with Crippen LogP contribution < -0.4 is 0 Å². The average molecular weight is 368 g/mol. The van der Waals surface area contributed by atoms with Crippen LogP contribution in [0.2, 0.25) is 0 Å². The van der Waals surface area contributed by atoms with Gasteiger partial charge in [-0.25, -0.2) is 13.2 Å². The van der Waals surface area contributed by atoms with Crippen LogP contribution >= 0.6 is 27.5 Å². The van der Waals surface area contributed by atoms with Crippen LogP contribution in [-0.2, 0) is 9.84 Å². The first-order valence-corrected chi connectivity index (χ1v) is 8.09. The van der Waals surface area contributed by atoms with Crippen molar-refractivity contribution in [2.45, 2.75) is 18.7 Å². The molecule has 104 valence electrons. The van der Waals surface area contributed by atoms with Crippen LogP contribution in [-0.4, -0.2) is 25.2 Å². The van der Waals surface area contributed by atoms with Gasteiger partial charge in [-0.15, -0.1) is 0 Å². The number of hydrogen-bond acceptors (Lipinski definition) is 3. The molecule has 0 aliphatic heterocycles. The van der Waals surface area contributed by atoms with Gasteiger partial charge < -0.3 is 5.11 Å². The van der Waals surface area contributed by atoms with E-state index in [-0.39, 0.29) is 16.2 Å². The van der Waals surface area contributed by atoms with E-state index >= 15 is 0 Å². The highest BCUT2D eigenvalue weighted by molar-refractivity contribution is 9.10. The molecule has 0 bridgehead atoms. The lowest BCUT2D eigenvalue weighted by Gasteiger charge is -2.10. The van der Waals surface area contributed by atoms with Gasteiger partial charge in [-0.3, -0.25) is 0 Å². The molecule has 1 N–H and O–H groups in total. The maximum atomic E-state index is 12.2. The van der Waals surface area contributed by atoms with Crippen LogP contribution in [0.15, 0.2) is 32.6 Å². The molecule has 0 amide bonds. The summed E-state index contributed by atoms with van der Waals surface area (Å²) in [5.74, 6) is -1.42. The fourth-order valence-electron chi connectivity index (χ4n) is 1.51. The van der Waals surface area contributed by atoms with Gasteiger partial charge in [-0.2, -0.15) is 0 Å². The van der Waals surface area contributed by atoms with Crippen LogP contribution in [0, 0.1) is 6.92 Å². The molecule has 0 aromatic heterocycles. The maximum Gasteiger partial charge on any atom is 0.335 e. The van der Waals surface area contributed by atoms with Crippen molar-refractivity contribution in [3.63, 3.8) is 0 Å². The predicted octanol–water partition coefficient (Wildman–Crippen LogP) is 3.37. The lowest BCUT2D eigenvalue weighted by atomic mass is 10.1. The molecular formula is C12H12BrClO4S. The summed E-state index contributed by atoms with van der Waals surface area (Å²) in [6.07, 6.45) is 0. The summed E-state index contributed by atoms with van der Waals surface area (Å²) in [5.41, 5.74) is 2.08. The van der Waals surface area contributed by atoms with Crippen molar-refractivity contribution in [1.29, 1.82) is 0 Å². The Bertz CT molecular complexity index is 650. The van der Waals surface area contributed by atoms with E-state index in [1.54, 1.807) is 13.8 Å². The molecule has 0 heterocycles. The van der Waals surface area contributed by atoms with Crippen LogP contribution in [0.4, 0.5) is 0 Å². The molecule has 1 aromatic rings. The molecule has 0 fully saturated rings. The molecule has 7 heteroatoms. The van der Waals surface area contributed by atoms with Crippen molar-refractivity contribution in [3.05, 3.63) is 38.8 Å². The minimum absolute atomic E-state index is 0.00265. The van der Waals surface area contributed by atoms with Gasteiger partial charge in [0.25, 0.3) is 0 Å². The molecule has 0 aliphatic carbocycles. The van der Waals surface area contributed by atoms with E-state index in [9.17, 15) is 13.2 Å². The van der Waals surface area contributed by atoms with Gasteiger partial charge in [0.1, 0.15) is 0 Å². The van der Waals surface area contributed by atoms with E-state index in [0.717, 1.165) is 0 Å². The van der Waals surface area contributed by atoms with Gasteiger partial charge in [-0.05, 0) is 37.1 Å². The molecule has 1 rings (SSSR count). The number of carboxylic acids is 1. The number of benzene rings is 1. The van der Waals surface area contributed by atoms with Crippen molar-refractivity contribution in [2.75, 3.05) is 5.75 Å². The number of carboxylic acid groups (broad SMARTS) is 1. The summed E-state index contributed by atoms with van der Waals surface area (Å²) < 4.78 is 24.9. The van der Waals surface area contributed by atoms with E-state index in [1.165, 1.54) is 17.7 Å². The Hall–Kier alpha value is -0.850. The molecule has 1 aromatic carbocycles. The van der Waals surface area contributed by atoms with Crippen molar-refractivity contribution < 1.29 is 18.3 Å². The Kier molecular flexibility index (Phi) is 5.18. The largest absolute Gasteiger partial charge is 0.478 e. The van der Waals surface area contributed by atoms with Gasteiger partial charge in [0.2, 0.25) is 0 Å². The predicted molar refractivity (Wildman–Crippen MR) is 77.5 cm³/mol. The minimum Gasteiger partial charge on any atom is -0.478 e. The highest BCUT2D eigenvalue weighted by Crippen LogP contribution is 2.27. The molecule has 0 aliphatic rings. The molecular weight excluding hydrogens is 356 g/mol. The zero-order valence-corrected chi connectivity index (χ0v) is 13.4. The van der Waals surface area contributed by atoms with Gasteiger partial charge in [0, 0.05) is 10.0 Å². The lowest BCUT2D eigenvalue weighted by Crippen LogP contribution is -2.11. The number of rotatable bonds is 4. The van der Waals surface area contributed by atoms with Gasteiger partial charge >= 0.3 is 5.97 Å². The molecule has 0 saturated heterocycles. The zero-order valence-electron chi connectivity index (χ0n) is 10.3. The van der Waals surface area contributed by atoms with Gasteiger partial charge in [0.15, 0.2) is 9.84 Å². The van der Waals surface area contributed by atoms with Gasteiger partial charge in [-0.1, -0.05) is 27.5 Å². The van der Waals surface area contributed by atoms with Crippen LogP contribution in [0.5, 0.6) is 0 Å². The average Bonchev–Trinajstić information content (AvgIpc) is 2.31. The molecule has 0 spiro atoms. The fourth-order valence-corrected chi connectivity index (χ4v) is 3.99. The van der Waals surface area contributed by atoms with E-state index in [4.69, 9.17) is 16.7 Å².